The number of thiophene rings is 1. The maximum Gasteiger partial charge on any atom is 0.227 e. The smallest absolute Gasteiger partial charge is 0.227 e. The van der Waals surface area contributed by atoms with Gasteiger partial charge in [-0.15, -0.1) is 0 Å². The molecule has 1 amide bonds. The largest absolute Gasteiger partial charge is 0.342 e. The standard InChI is InChI=1S/C20H22N4OS/c25-19(13-17-5-12-26-15-17)23-9-3-18(4-10-23)20-22-8-11-24(20)14-16-1-6-21-7-2-16/h1-2,5-8,11-12,15,18H,3-4,9-10,13-14H2. The SMILES string of the molecule is O=C(Cc1ccsc1)N1CCC(c2nccn2Cc2ccncc2)CC1. The molecule has 0 unspecified atom stereocenters. The van der Waals surface area contributed by atoms with Crippen molar-refractivity contribution in [3.05, 3.63) is 70.7 Å². The van der Waals surface area contributed by atoms with E-state index in [4.69, 9.17) is 0 Å². The van der Waals surface area contributed by atoms with Gasteiger partial charge in [-0.1, -0.05) is 0 Å². The maximum absolute atomic E-state index is 12.5. The van der Waals surface area contributed by atoms with Gasteiger partial charge in [-0.25, -0.2) is 4.98 Å². The van der Waals surface area contributed by atoms with Crippen LogP contribution in [0, 0.1) is 0 Å². The van der Waals surface area contributed by atoms with E-state index < -0.39 is 0 Å². The van der Waals surface area contributed by atoms with Gasteiger partial charge in [-0.3, -0.25) is 9.78 Å². The third-order valence-corrected chi connectivity index (χ3v) is 5.73. The number of imidazole rings is 1. The van der Waals surface area contributed by atoms with Gasteiger partial charge in [-0.2, -0.15) is 11.3 Å². The van der Waals surface area contributed by atoms with Crippen molar-refractivity contribution in [3.63, 3.8) is 0 Å². The fraction of sp³-hybridized carbons (Fsp3) is 0.350. The number of piperidine rings is 1. The first-order valence-corrected chi connectivity index (χ1v) is 9.92. The van der Waals surface area contributed by atoms with Gasteiger partial charge in [0.25, 0.3) is 0 Å². The van der Waals surface area contributed by atoms with Gasteiger partial charge in [0, 0.05) is 50.3 Å². The van der Waals surface area contributed by atoms with Gasteiger partial charge >= 0.3 is 0 Å². The fourth-order valence-electron chi connectivity index (χ4n) is 3.57. The van der Waals surface area contributed by atoms with E-state index >= 15 is 0 Å². The number of hydrogen-bond donors (Lipinski definition) is 0. The molecule has 1 saturated heterocycles. The number of likely N-dealkylation sites (tertiary alicyclic amines) is 1. The lowest BCUT2D eigenvalue weighted by Crippen LogP contribution is -2.39. The predicted octanol–water partition coefficient (Wildman–Crippen LogP) is 3.34. The summed E-state index contributed by atoms with van der Waals surface area (Å²) in [4.78, 5) is 23.2. The van der Waals surface area contributed by atoms with Crippen LogP contribution in [0.5, 0.6) is 0 Å². The number of hydrogen-bond acceptors (Lipinski definition) is 4. The van der Waals surface area contributed by atoms with E-state index in [9.17, 15) is 4.79 Å². The fourth-order valence-corrected chi connectivity index (χ4v) is 4.23. The molecular formula is C20H22N4OS. The van der Waals surface area contributed by atoms with E-state index in [1.165, 1.54) is 5.56 Å². The van der Waals surface area contributed by atoms with E-state index in [0.29, 0.717) is 12.3 Å². The molecule has 0 aliphatic carbocycles. The Bertz CT molecular complexity index is 836. The number of carbonyl (C=O) groups excluding carboxylic acids is 1. The third kappa shape index (κ3) is 3.85. The average Bonchev–Trinajstić information content (AvgIpc) is 3.35. The topological polar surface area (TPSA) is 51.0 Å². The van der Waals surface area contributed by atoms with Gasteiger partial charge in [0.1, 0.15) is 5.82 Å². The summed E-state index contributed by atoms with van der Waals surface area (Å²) in [6.07, 6.45) is 10.0. The lowest BCUT2D eigenvalue weighted by atomic mass is 9.95. The molecule has 0 radical (unpaired) electrons. The van der Waals surface area contributed by atoms with E-state index in [2.05, 4.69) is 19.9 Å². The van der Waals surface area contributed by atoms with Gasteiger partial charge in [0.15, 0.2) is 0 Å². The number of carbonyl (C=O) groups is 1. The Kier molecular flexibility index (Phi) is 5.11. The maximum atomic E-state index is 12.5. The molecule has 0 atom stereocenters. The van der Waals surface area contributed by atoms with Crippen LogP contribution in [-0.4, -0.2) is 38.4 Å². The van der Waals surface area contributed by atoms with Gasteiger partial charge in [0.2, 0.25) is 5.91 Å². The molecule has 0 N–H and O–H groups in total. The molecule has 4 heterocycles. The Balaban J connectivity index is 1.36. The zero-order chi connectivity index (χ0) is 17.8. The molecule has 1 fully saturated rings. The molecule has 4 rings (SSSR count). The number of amides is 1. The van der Waals surface area contributed by atoms with Crippen molar-refractivity contribution >= 4 is 17.2 Å². The van der Waals surface area contributed by atoms with Crippen molar-refractivity contribution in [2.75, 3.05) is 13.1 Å². The Morgan fingerprint density at radius 1 is 1.12 bits per heavy atom. The summed E-state index contributed by atoms with van der Waals surface area (Å²) in [5.41, 5.74) is 2.35. The minimum atomic E-state index is 0.238. The summed E-state index contributed by atoms with van der Waals surface area (Å²) in [7, 11) is 0. The van der Waals surface area contributed by atoms with Crippen LogP contribution in [0.4, 0.5) is 0 Å². The quantitative estimate of drug-likeness (QED) is 0.696. The zero-order valence-corrected chi connectivity index (χ0v) is 15.4. The zero-order valence-electron chi connectivity index (χ0n) is 14.6. The highest BCUT2D eigenvalue weighted by Gasteiger charge is 2.26. The summed E-state index contributed by atoms with van der Waals surface area (Å²) in [6.45, 7) is 2.45. The molecule has 0 spiro atoms. The van der Waals surface area contributed by atoms with E-state index in [0.717, 1.165) is 43.9 Å². The molecule has 3 aromatic rings. The second-order valence-electron chi connectivity index (χ2n) is 6.73. The molecule has 5 nitrogen and oxygen atoms in total. The lowest BCUT2D eigenvalue weighted by molar-refractivity contribution is -0.131. The molecule has 1 aliphatic heterocycles. The minimum absolute atomic E-state index is 0.238. The molecule has 134 valence electrons. The first kappa shape index (κ1) is 17.0. The Morgan fingerprint density at radius 2 is 1.92 bits per heavy atom. The number of rotatable bonds is 5. The second-order valence-corrected chi connectivity index (χ2v) is 7.51. The van der Waals surface area contributed by atoms with Gasteiger partial charge in [0.05, 0.1) is 6.42 Å². The highest BCUT2D eigenvalue weighted by Crippen LogP contribution is 2.27. The third-order valence-electron chi connectivity index (χ3n) is 5.00. The summed E-state index contributed by atoms with van der Waals surface area (Å²) < 4.78 is 2.23. The molecule has 3 aromatic heterocycles. The molecule has 0 aromatic carbocycles. The van der Waals surface area contributed by atoms with Crippen LogP contribution < -0.4 is 0 Å². The summed E-state index contributed by atoms with van der Waals surface area (Å²) >= 11 is 1.64. The molecule has 26 heavy (non-hydrogen) atoms. The number of nitrogens with zero attached hydrogens (tertiary/aromatic N) is 4. The molecule has 6 heteroatoms. The minimum Gasteiger partial charge on any atom is -0.342 e. The van der Waals surface area contributed by atoms with Crippen LogP contribution in [0.25, 0.3) is 0 Å². The molecule has 0 saturated carbocycles. The van der Waals surface area contributed by atoms with Crippen molar-refractivity contribution < 1.29 is 4.79 Å². The Morgan fingerprint density at radius 3 is 2.65 bits per heavy atom. The Hall–Kier alpha value is -2.47. The Labute approximate surface area is 157 Å². The molecular weight excluding hydrogens is 344 g/mol. The summed E-state index contributed by atoms with van der Waals surface area (Å²) in [5.74, 6) is 1.78. The summed E-state index contributed by atoms with van der Waals surface area (Å²) in [6, 6.07) is 6.11. The van der Waals surface area contributed by atoms with Crippen molar-refractivity contribution in [2.24, 2.45) is 0 Å². The van der Waals surface area contributed by atoms with Gasteiger partial charge in [-0.05, 0) is 52.9 Å². The highest BCUT2D eigenvalue weighted by molar-refractivity contribution is 7.08. The van der Waals surface area contributed by atoms with Crippen molar-refractivity contribution in [1.29, 1.82) is 0 Å². The van der Waals surface area contributed by atoms with Gasteiger partial charge < -0.3 is 9.47 Å². The summed E-state index contributed by atoms with van der Waals surface area (Å²) in [5, 5.41) is 4.08. The van der Waals surface area contributed by atoms with Crippen LogP contribution in [0.1, 0.15) is 35.7 Å². The second kappa shape index (κ2) is 7.83. The lowest BCUT2D eigenvalue weighted by Gasteiger charge is -2.32. The van der Waals surface area contributed by atoms with E-state index in [-0.39, 0.29) is 5.91 Å². The van der Waals surface area contributed by atoms with Crippen LogP contribution in [0.15, 0.2) is 53.7 Å². The van der Waals surface area contributed by atoms with E-state index in [1.807, 2.05) is 53.3 Å². The normalized spacial score (nSPS) is 15.3. The van der Waals surface area contributed by atoms with E-state index in [1.54, 1.807) is 11.3 Å². The van der Waals surface area contributed by atoms with Crippen LogP contribution >= 0.6 is 11.3 Å². The molecule has 1 aliphatic rings. The van der Waals surface area contributed by atoms with Crippen molar-refractivity contribution in [3.8, 4) is 0 Å². The van der Waals surface area contributed by atoms with Crippen LogP contribution in [0.2, 0.25) is 0 Å². The predicted molar refractivity (Wildman–Crippen MR) is 102 cm³/mol. The van der Waals surface area contributed by atoms with Crippen LogP contribution in [0.3, 0.4) is 0 Å². The first-order chi connectivity index (χ1) is 12.8. The first-order valence-electron chi connectivity index (χ1n) is 8.98. The highest BCUT2D eigenvalue weighted by atomic mass is 32.1. The average molecular weight is 366 g/mol. The number of pyridine rings is 1. The van der Waals surface area contributed by atoms with Crippen LogP contribution in [-0.2, 0) is 17.8 Å². The monoisotopic (exact) mass is 366 g/mol. The number of aromatic nitrogens is 3. The molecule has 0 bridgehead atoms. The van der Waals surface area contributed by atoms with Crippen molar-refractivity contribution in [2.45, 2.75) is 31.7 Å². The van der Waals surface area contributed by atoms with Crippen molar-refractivity contribution in [1.82, 2.24) is 19.4 Å².